The Balaban J connectivity index is 2.04. The van der Waals surface area contributed by atoms with Crippen LogP contribution in [-0.4, -0.2) is 49.4 Å². The molecule has 1 heterocycles. The first-order valence-electron chi connectivity index (χ1n) is 13.2. The van der Waals surface area contributed by atoms with Gasteiger partial charge in [0.1, 0.15) is 5.75 Å². The molecular weight excluding hydrogens is 486 g/mol. The summed E-state index contributed by atoms with van der Waals surface area (Å²) in [5, 5.41) is 0.963. The van der Waals surface area contributed by atoms with Crippen molar-refractivity contribution in [3.63, 3.8) is 0 Å². The predicted molar refractivity (Wildman–Crippen MR) is 142 cm³/mol. The summed E-state index contributed by atoms with van der Waals surface area (Å²) in [6, 6.07) is 15.8. The third-order valence-corrected chi connectivity index (χ3v) is 7.17. The maximum atomic E-state index is 13.7. The van der Waals surface area contributed by atoms with Crippen LogP contribution in [0.3, 0.4) is 0 Å². The highest BCUT2D eigenvalue weighted by Gasteiger charge is 2.64. The van der Waals surface area contributed by atoms with Crippen LogP contribution >= 0.6 is 0 Å². The third-order valence-electron chi connectivity index (χ3n) is 7.17. The van der Waals surface area contributed by atoms with Gasteiger partial charge in [0.2, 0.25) is 0 Å². The average Bonchev–Trinajstić information content (AvgIpc) is 3.23. The van der Waals surface area contributed by atoms with Crippen molar-refractivity contribution in [3.05, 3.63) is 65.4 Å². The lowest BCUT2D eigenvalue weighted by Gasteiger charge is -2.37. The van der Waals surface area contributed by atoms with Gasteiger partial charge in [-0.3, -0.25) is 14.4 Å². The molecule has 2 aromatic carbocycles. The normalized spacial score (nSPS) is 15.0. The maximum absolute atomic E-state index is 13.7. The third kappa shape index (κ3) is 4.64. The highest BCUT2D eigenvalue weighted by Crippen LogP contribution is 2.50. The second-order valence-electron chi connectivity index (χ2n) is 9.23. The summed E-state index contributed by atoms with van der Waals surface area (Å²) in [7, 11) is 1.62. The van der Waals surface area contributed by atoms with Gasteiger partial charge in [-0.1, -0.05) is 30.3 Å². The van der Waals surface area contributed by atoms with E-state index in [-0.39, 0.29) is 19.8 Å². The zero-order valence-electron chi connectivity index (χ0n) is 22.5. The number of fused-ring (bicyclic) bond motifs is 3. The van der Waals surface area contributed by atoms with E-state index in [9.17, 15) is 14.4 Å². The highest BCUT2D eigenvalue weighted by molar-refractivity contribution is 6.19. The van der Waals surface area contributed by atoms with Crippen LogP contribution in [0.5, 0.6) is 5.75 Å². The van der Waals surface area contributed by atoms with Crippen molar-refractivity contribution >= 4 is 28.8 Å². The first-order valence-corrected chi connectivity index (χ1v) is 13.2. The Morgan fingerprint density at radius 2 is 1.50 bits per heavy atom. The van der Waals surface area contributed by atoms with Crippen LogP contribution in [0.1, 0.15) is 56.4 Å². The molecule has 38 heavy (non-hydrogen) atoms. The number of esters is 3. The summed E-state index contributed by atoms with van der Waals surface area (Å²) in [5.74, 6) is -2.96. The average molecular weight is 522 g/mol. The number of carbonyl (C=O) groups excluding carboxylic acids is 3. The van der Waals surface area contributed by atoms with Crippen LogP contribution < -0.4 is 4.74 Å². The molecule has 0 spiro atoms. The quantitative estimate of drug-likeness (QED) is 0.215. The first-order chi connectivity index (χ1) is 18.4. The van der Waals surface area contributed by atoms with Crippen molar-refractivity contribution < 1.29 is 33.3 Å². The molecule has 1 aliphatic rings. The molecule has 0 saturated carbocycles. The van der Waals surface area contributed by atoms with Gasteiger partial charge >= 0.3 is 17.9 Å². The topological polar surface area (TPSA) is 93.1 Å². The van der Waals surface area contributed by atoms with E-state index < -0.39 is 29.2 Å². The van der Waals surface area contributed by atoms with Crippen molar-refractivity contribution in [1.82, 2.24) is 4.57 Å². The fraction of sp³-hybridized carbons (Fsp3) is 0.433. The van der Waals surface area contributed by atoms with Crippen molar-refractivity contribution in [1.29, 1.82) is 0 Å². The van der Waals surface area contributed by atoms with Gasteiger partial charge < -0.3 is 23.5 Å². The predicted octanol–water partition coefficient (Wildman–Crippen LogP) is 4.79. The molecule has 0 bridgehead atoms. The number of rotatable bonds is 10. The second kappa shape index (κ2) is 11.7. The van der Waals surface area contributed by atoms with E-state index in [0.29, 0.717) is 25.1 Å². The molecule has 0 fully saturated rings. The molecule has 0 N–H and O–H groups in total. The van der Waals surface area contributed by atoms with E-state index in [1.165, 1.54) is 0 Å². The molecule has 8 nitrogen and oxygen atoms in total. The molecule has 0 aliphatic heterocycles. The molecule has 0 radical (unpaired) electrons. The smallest absolute Gasteiger partial charge is 0.335 e. The number of hydrogen-bond donors (Lipinski definition) is 0. The summed E-state index contributed by atoms with van der Waals surface area (Å²) < 4.78 is 23.8. The van der Waals surface area contributed by atoms with Gasteiger partial charge in [-0.05, 0) is 69.4 Å². The van der Waals surface area contributed by atoms with Gasteiger partial charge in [-0.15, -0.1) is 0 Å². The summed E-state index contributed by atoms with van der Waals surface area (Å²) in [6.45, 7) is 5.42. The number of ether oxygens (including phenoxy) is 4. The zero-order chi connectivity index (χ0) is 27.3. The van der Waals surface area contributed by atoms with Crippen molar-refractivity contribution in [3.8, 4) is 5.75 Å². The largest absolute Gasteiger partial charge is 0.497 e. The summed E-state index contributed by atoms with van der Waals surface area (Å²) in [5.41, 5.74) is 1.41. The van der Waals surface area contributed by atoms with Crippen molar-refractivity contribution in [2.45, 2.75) is 52.5 Å². The van der Waals surface area contributed by atoms with Gasteiger partial charge in [0, 0.05) is 29.1 Å². The Labute approximate surface area is 222 Å². The Bertz CT molecular complexity index is 1270. The second-order valence-corrected chi connectivity index (χ2v) is 9.23. The molecule has 4 rings (SSSR count). The van der Waals surface area contributed by atoms with Crippen molar-refractivity contribution in [2.24, 2.45) is 5.41 Å². The van der Waals surface area contributed by atoms with E-state index in [2.05, 4.69) is 4.57 Å². The number of aromatic nitrogens is 1. The SMILES string of the molecule is CCOC(=O)C(C(=O)OCC)(C(=O)OCC)[C@@H]1CCCc2c1n(Cc1ccccc1)c1ccc(OC)cc21. The summed E-state index contributed by atoms with van der Waals surface area (Å²) >= 11 is 0. The fourth-order valence-electron chi connectivity index (χ4n) is 5.60. The van der Waals surface area contributed by atoms with E-state index >= 15 is 0 Å². The van der Waals surface area contributed by atoms with Gasteiger partial charge in [-0.25, -0.2) is 0 Å². The molecule has 0 saturated heterocycles. The monoisotopic (exact) mass is 521 g/mol. The molecule has 1 aromatic heterocycles. The first kappa shape index (κ1) is 27.2. The minimum absolute atomic E-state index is 0.00315. The molecule has 8 heteroatoms. The lowest BCUT2D eigenvalue weighted by Crippen LogP contribution is -2.54. The minimum atomic E-state index is -2.29. The Hall–Kier alpha value is -3.81. The van der Waals surface area contributed by atoms with Gasteiger partial charge in [0.05, 0.1) is 26.9 Å². The lowest BCUT2D eigenvalue weighted by molar-refractivity contribution is -0.186. The number of nitrogens with zero attached hydrogens (tertiary/aromatic N) is 1. The standard InChI is InChI=1S/C30H35NO7/c1-5-36-27(32)30(28(33)37-6-2,29(34)38-7-3)24-15-11-14-22-23-18-21(35-4)16-17-25(23)31(26(22)24)19-20-12-9-8-10-13-20/h8-10,12-13,16-18,24H,5-7,11,14-15,19H2,1-4H3/t24-/m1/s1. The van der Waals surface area contributed by atoms with Gasteiger partial charge in [-0.2, -0.15) is 0 Å². The molecule has 1 aliphatic carbocycles. The number of carbonyl (C=O) groups is 3. The van der Waals surface area contributed by atoms with Crippen LogP contribution in [-0.2, 0) is 41.6 Å². The fourth-order valence-corrected chi connectivity index (χ4v) is 5.60. The van der Waals surface area contributed by atoms with Gasteiger partial charge in [0.25, 0.3) is 5.41 Å². The minimum Gasteiger partial charge on any atom is -0.497 e. The Morgan fingerprint density at radius 3 is 2.05 bits per heavy atom. The molecule has 0 amide bonds. The Kier molecular flexibility index (Phi) is 8.39. The van der Waals surface area contributed by atoms with E-state index in [0.717, 1.165) is 34.1 Å². The summed E-state index contributed by atoms with van der Waals surface area (Å²) in [6.07, 6.45) is 1.80. The Morgan fingerprint density at radius 1 is 0.895 bits per heavy atom. The van der Waals surface area contributed by atoms with Crippen LogP contribution in [0.2, 0.25) is 0 Å². The lowest BCUT2D eigenvalue weighted by atomic mass is 9.67. The molecule has 202 valence electrons. The van der Waals surface area contributed by atoms with Crippen LogP contribution in [0.4, 0.5) is 0 Å². The molecule has 1 atom stereocenters. The number of aryl methyl sites for hydroxylation is 1. The van der Waals surface area contributed by atoms with Crippen molar-refractivity contribution in [2.75, 3.05) is 26.9 Å². The van der Waals surface area contributed by atoms with E-state index in [1.807, 2.05) is 48.5 Å². The highest BCUT2D eigenvalue weighted by atomic mass is 16.6. The van der Waals surface area contributed by atoms with E-state index in [4.69, 9.17) is 18.9 Å². The van der Waals surface area contributed by atoms with E-state index in [1.54, 1.807) is 27.9 Å². The van der Waals surface area contributed by atoms with Crippen LogP contribution in [0.15, 0.2) is 48.5 Å². The van der Waals surface area contributed by atoms with Gasteiger partial charge in [0.15, 0.2) is 0 Å². The van der Waals surface area contributed by atoms with Crippen LogP contribution in [0.25, 0.3) is 10.9 Å². The summed E-state index contributed by atoms with van der Waals surface area (Å²) in [4.78, 5) is 41.2. The molecule has 3 aromatic rings. The molecule has 0 unspecified atom stereocenters. The number of hydrogen-bond acceptors (Lipinski definition) is 7. The number of benzene rings is 2. The zero-order valence-corrected chi connectivity index (χ0v) is 22.5. The maximum Gasteiger partial charge on any atom is 0.335 e. The number of methoxy groups -OCH3 is 1. The molecular formula is C30H35NO7. The van der Waals surface area contributed by atoms with Crippen LogP contribution in [0, 0.1) is 5.41 Å².